The maximum absolute atomic E-state index is 10.8. The fraction of sp³-hybridized carbons (Fsp3) is 0.400. The molecule has 0 aromatic heterocycles. The van der Waals surface area contributed by atoms with Crippen molar-refractivity contribution in [2.45, 2.75) is 6.42 Å². The Labute approximate surface area is 95.4 Å². The van der Waals surface area contributed by atoms with E-state index in [2.05, 4.69) is 5.32 Å². The Hall–Kier alpha value is -0.740. The van der Waals surface area contributed by atoms with Crippen molar-refractivity contribution in [2.75, 3.05) is 23.9 Å². The third kappa shape index (κ3) is 5.64. The molecule has 0 saturated carbocycles. The summed E-state index contributed by atoms with van der Waals surface area (Å²) in [6.07, 6.45) is 1.84. The smallest absolute Gasteiger partial charge is 0.147 e. The van der Waals surface area contributed by atoms with Crippen LogP contribution in [0.2, 0.25) is 5.02 Å². The third-order valence-corrected chi connectivity index (χ3v) is 3.11. The van der Waals surface area contributed by atoms with Crippen molar-refractivity contribution in [3.63, 3.8) is 0 Å². The second-order valence-electron chi connectivity index (χ2n) is 3.42. The minimum absolute atomic E-state index is 0.209. The highest BCUT2D eigenvalue weighted by molar-refractivity contribution is 7.90. The predicted molar refractivity (Wildman–Crippen MR) is 64.3 cm³/mol. The van der Waals surface area contributed by atoms with Gasteiger partial charge in [0.15, 0.2) is 0 Å². The van der Waals surface area contributed by atoms with Gasteiger partial charge >= 0.3 is 0 Å². The molecule has 0 aliphatic rings. The largest absolute Gasteiger partial charge is 0.385 e. The summed E-state index contributed by atoms with van der Waals surface area (Å²) in [6.45, 7) is 0.632. The van der Waals surface area contributed by atoms with E-state index in [9.17, 15) is 8.42 Å². The van der Waals surface area contributed by atoms with Crippen LogP contribution in [0.1, 0.15) is 6.42 Å². The molecule has 0 aliphatic carbocycles. The number of halogens is 1. The highest BCUT2D eigenvalue weighted by Crippen LogP contribution is 2.14. The summed E-state index contributed by atoms with van der Waals surface area (Å²) in [5.74, 6) is 0.209. The zero-order valence-corrected chi connectivity index (χ0v) is 10.1. The van der Waals surface area contributed by atoms with Gasteiger partial charge in [0.2, 0.25) is 0 Å². The van der Waals surface area contributed by atoms with E-state index in [1.807, 2.05) is 18.2 Å². The van der Waals surface area contributed by atoms with Crippen LogP contribution in [-0.2, 0) is 9.84 Å². The van der Waals surface area contributed by atoms with Gasteiger partial charge in [0.1, 0.15) is 9.84 Å². The van der Waals surface area contributed by atoms with Crippen molar-refractivity contribution < 1.29 is 8.42 Å². The van der Waals surface area contributed by atoms with Crippen LogP contribution in [0.5, 0.6) is 0 Å². The normalized spacial score (nSPS) is 11.3. The summed E-state index contributed by atoms with van der Waals surface area (Å²) in [5.41, 5.74) is 0.913. The SMILES string of the molecule is CS(=O)(=O)CCCNc1cccc(Cl)c1. The minimum Gasteiger partial charge on any atom is -0.385 e. The molecule has 0 fully saturated rings. The molecule has 0 radical (unpaired) electrons. The lowest BCUT2D eigenvalue weighted by molar-refractivity contribution is 0.600. The van der Waals surface area contributed by atoms with Gasteiger partial charge in [-0.05, 0) is 24.6 Å². The first-order chi connectivity index (χ1) is 6.97. The monoisotopic (exact) mass is 247 g/mol. The van der Waals surface area contributed by atoms with E-state index in [1.165, 1.54) is 6.26 Å². The number of rotatable bonds is 5. The van der Waals surface area contributed by atoms with Gasteiger partial charge in [-0.2, -0.15) is 0 Å². The lowest BCUT2D eigenvalue weighted by Crippen LogP contribution is -2.09. The van der Waals surface area contributed by atoms with Crippen LogP contribution >= 0.6 is 11.6 Å². The minimum atomic E-state index is -2.85. The lowest BCUT2D eigenvalue weighted by Gasteiger charge is -2.05. The van der Waals surface area contributed by atoms with E-state index >= 15 is 0 Å². The number of sulfone groups is 1. The zero-order valence-electron chi connectivity index (χ0n) is 8.53. The first-order valence-electron chi connectivity index (χ1n) is 4.64. The summed E-state index contributed by atoms with van der Waals surface area (Å²) in [5, 5.41) is 3.78. The number of benzene rings is 1. The summed E-state index contributed by atoms with van der Waals surface area (Å²) < 4.78 is 21.7. The van der Waals surface area contributed by atoms with Gasteiger partial charge in [0.25, 0.3) is 0 Å². The molecule has 0 atom stereocenters. The number of hydrogen-bond acceptors (Lipinski definition) is 3. The molecular formula is C10H14ClNO2S. The van der Waals surface area contributed by atoms with E-state index in [-0.39, 0.29) is 5.75 Å². The Kier molecular flexibility index (Phi) is 4.42. The van der Waals surface area contributed by atoms with E-state index in [0.717, 1.165) is 5.69 Å². The van der Waals surface area contributed by atoms with Gasteiger partial charge in [-0.3, -0.25) is 0 Å². The molecule has 0 aliphatic heterocycles. The van der Waals surface area contributed by atoms with Crippen molar-refractivity contribution >= 4 is 27.1 Å². The maximum Gasteiger partial charge on any atom is 0.147 e. The second kappa shape index (κ2) is 5.37. The highest BCUT2D eigenvalue weighted by Gasteiger charge is 2.00. The number of nitrogens with one attached hydrogen (secondary N) is 1. The van der Waals surface area contributed by atoms with Crippen molar-refractivity contribution in [3.05, 3.63) is 29.3 Å². The van der Waals surface area contributed by atoms with Gasteiger partial charge in [-0.15, -0.1) is 0 Å². The average molecular weight is 248 g/mol. The Morgan fingerprint density at radius 1 is 1.40 bits per heavy atom. The molecule has 1 rings (SSSR count). The molecule has 1 aromatic carbocycles. The zero-order chi connectivity index (χ0) is 11.3. The van der Waals surface area contributed by atoms with Crippen LogP contribution in [-0.4, -0.2) is 27.0 Å². The molecule has 0 amide bonds. The average Bonchev–Trinajstić information content (AvgIpc) is 2.11. The van der Waals surface area contributed by atoms with Crippen molar-refractivity contribution in [2.24, 2.45) is 0 Å². The topological polar surface area (TPSA) is 46.2 Å². The van der Waals surface area contributed by atoms with Gasteiger partial charge in [-0.25, -0.2) is 8.42 Å². The van der Waals surface area contributed by atoms with Crippen molar-refractivity contribution in [1.29, 1.82) is 0 Å². The van der Waals surface area contributed by atoms with Gasteiger partial charge in [0.05, 0.1) is 5.75 Å². The third-order valence-electron chi connectivity index (χ3n) is 1.85. The van der Waals surface area contributed by atoms with Crippen LogP contribution < -0.4 is 5.32 Å². The van der Waals surface area contributed by atoms with Crippen molar-refractivity contribution in [3.8, 4) is 0 Å². The van der Waals surface area contributed by atoms with Gasteiger partial charge in [0, 0.05) is 23.5 Å². The van der Waals surface area contributed by atoms with Gasteiger partial charge < -0.3 is 5.32 Å². The lowest BCUT2D eigenvalue weighted by atomic mass is 10.3. The Morgan fingerprint density at radius 3 is 2.73 bits per heavy atom. The van der Waals surface area contributed by atoms with Crippen LogP contribution in [0.3, 0.4) is 0 Å². The Morgan fingerprint density at radius 2 is 2.13 bits per heavy atom. The molecule has 5 heteroatoms. The summed E-state index contributed by atoms with van der Waals surface area (Å²) in [6, 6.07) is 7.35. The summed E-state index contributed by atoms with van der Waals surface area (Å²) >= 11 is 5.79. The molecule has 0 saturated heterocycles. The molecule has 15 heavy (non-hydrogen) atoms. The van der Waals surface area contributed by atoms with Crippen LogP contribution in [0.25, 0.3) is 0 Å². The fourth-order valence-corrected chi connectivity index (χ4v) is 2.02. The van der Waals surface area contributed by atoms with Crippen LogP contribution in [0.4, 0.5) is 5.69 Å². The van der Waals surface area contributed by atoms with E-state index in [0.29, 0.717) is 18.0 Å². The molecule has 0 bridgehead atoms. The Bertz CT molecular complexity index is 417. The first-order valence-corrected chi connectivity index (χ1v) is 7.08. The van der Waals surface area contributed by atoms with E-state index in [1.54, 1.807) is 6.07 Å². The van der Waals surface area contributed by atoms with Crippen LogP contribution in [0.15, 0.2) is 24.3 Å². The maximum atomic E-state index is 10.8. The number of hydrogen-bond donors (Lipinski definition) is 1. The first kappa shape index (κ1) is 12.3. The molecule has 1 N–H and O–H groups in total. The fourth-order valence-electron chi connectivity index (χ4n) is 1.17. The molecule has 0 heterocycles. The molecular weight excluding hydrogens is 234 g/mol. The summed E-state index contributed by atoms with van der Waals surface area (Å²) in [4.78, 5) is 0. The molecule has 84 valence electrons. The number of anilines is 1. The highest BCUT2D eigenvalue weighted by atomic mass is 35.5. The molecule has 1 aromatic rings. The van der Waals surface area contributed by atoms with E-state index < -0.39 is 9.84 Å². The van der Waals surface area contributed by atoms with E-state index in [4.69, 9.17) is 11.6 Å². The van der Waals surface area contributed by atoms with Gasteiger partial charge in [-0.1, -0.05) is 17.7 Å². The molecule has 0 unspecified atom stereocenters. The van der Waals surface area contributed by atoms with Crippen LogP contribution in [0, 0.1) is 0 Å². The molecule has 3 nitrogen and oxygen atoms in total. The quantitative estimate of drug-likeness (QED) is 0.812. The standard InChI is InChI=1S/C10H14ClNO2S/c1-15(13,14)7-3-6-12-10-5-2-4-9(11)8-10/h2,4-5,8,12H,3,6-7H2,1H3. The Balaban J connectivity index is 2.32. The summed E-state index contributed by atoms with van der Waals surface area (Å²) in [7, 11) is -2.85. The molecule has 0 spiro atoms. The predicted octanol–water partition coefficient (Wildman–Crippen LogP) is 2.19. The second-order valence-corrected chi connectivity index (χ2v) is 6.12. The van der Waals surface area contributed by atoms with Crippen molar-refractivity contribution in [1.82, 2.24) is 0 Å².